The number of non-ortho nitro benzene ring substituents is 1. The van der Waals surface area contributed by atoms with Crippen LogP contribution in [0.4, 0.5) is 11.4 Å². The highest BCUT2D eigenvalue weighted by molar-refractivity contribution is 7.99. The Morgan fingerprint density at radius 3 is 2.28 bits per heavy atom. The third kappa shape index (κ3) is 6.95. The fourth-order valence-electron chi connectivity index (χ4n) is 3.01. The number of para-hydroxylation sites is 1. The Hall–Kier alpha value is -3.65. The number of nitrogens with zero attached hydrogens (tertiary/aromatic N) is 1. The maximum Gasteiger partial charge on any atom is 0.269 e. The number of nitrogens with one attached hydrogen (secondary N) is 2. The fraction of sp³-hybridized carbons (Fsp3) is 0.167. The Morgan fingerprint density at radius 2 is 1.56 bits per heavy atom. The van der Waals surface area contributed by atoms with Gasteiger partial charge in [-0.15, -0.1) is 11.8 Å². The molecule has 0 aliphatic carbocycles. The van der Waals surface area contributed by atoms with Gasteiger partial charge in [0.25, 0.3) is 11.6 Å². The van der Waals surface area contributed by atoms with Crippen molar-refractivity contribution in [1.82, 2.24) is 5.32 Å². The van der Waals surface area contributed by atoms with E-state index in [2.05, 4.69) is 10.6 Å². The first kappa shape index (κ1) is 23.0. The lowest BCUT2D eigenvalue weighted by Crippen LogP contribution is -2.27. The molecule has 3 aromatic carbocycles. The summed E-state index contributed by atoms with van der Waals surface area (Å²) in [6, 6.07) is 23.0. The molecule has 0 unspecified atom stereocenters. The topological polar surface area (TPSA) is 101 Å². The average Bonchev–Trinajstić information content (AvgIpc) is 2.80. The van der Waals surface area contributed by atoms with Crippen molar-refractivity contribution in [2.45, 2.75) is 12.2 Å². The number of amides is 2. The summed E-state index contributed by atoms with van der Waals surface area (Å²) in [5.74, 6) is 0.283. The van der Waals surface area contributed by atoms with Crippen molar-refractivity contribution in [1.29, 1.82) is 0 Å². The molecule has 3 rings (SSSR count). The molecule has 0 aliphatic rings. The minimum atomic E-state index is -0.445. The molecule has 0 saturated heterocycles. The Balaban J connectivity index is 1.48. The summed E-state index contributed by atoms with van der Waals surface area (Å²) in [5.41, 5.74) is 2.95. The number of nitro benzene ring substituents is 1. The van der Waals surface area contributed by atoms with Crippen LogP contribution >= 0.6 is 11.8 Å². The maximum atomic E-state index is 12.6. The SMILES string of the molecule is O=C(CSCc1ccc([N+](=O)[O-])cc1)Nc1ccccc1C(=O)NCCc1ccccc1. The van der Waals surface area contributed by atoms with Crippen LogP contribution in [0.1, 0.15) is 21.5 Å². The number of rotatable bonds is 10. The van der Waals surface area contributed by atoms with Gasteiger partial charge in [0.1, 0.15) is 0 Å². The number of carbonyl (C=O) groups is 2. The first-order chi connectivity index (χ1) is 15.5. The van der Waals surface area contributed by atoms with Gasteiger partial charge in [-0.25, -0.2) is 0 Å². The lowest BCUT2D eigenvalue weighted by molar-refractivity contribution is -0.384. The van der Waals surface area contributed by atoms with E-state index in [0.717, 1.165) is 17.5 Å². The zero-order chi connectivity index (χ0) is 22.8. The largest absolute Gasteiger partial charge is 0.352 e. The Labute approximate surface area is 190 Å². The molecule has 0 atom stereocenters. The second kappa shape index (κ2) is 11.7. The van der Waals surface area contributed by atoms with E-state index >= 15 is 0 Å². The first-order valence-electron chi connectivity index (χ1n) is 10.0. The van der Waals surface area contributed by atoms with Crippen LogP contribution in [0.2, 0.25) is 0 Å². The van der Waals surface area contributed by atoms with Gasteiger partial charge in [-0.1, -0.05) is 54.6 Å². The number of carbonyl (C=O) groups excluding carboxylic acids is 2. The van der Waals surface area contributed by atoms with Crippen molar-refractivity contribution in [3.8, 4) is 0 Å². The monoisotopic (exact) mass is 449 g/mol. The zero-order valence-electron chi connectivity index (χ0n) is 17.3. The van der Waals surface area contributed by atoms with Gasteiger partial charge in [0.2, 0.25) is 5.91 Å². The van der Waals surface area contributed by atoms with Gasteiger partial charge >= 0.3 is 0 Å². The molecule has 3 aromatic rings. The number of thioether (sulfide) groups is 1. The van der Waals surface area contributed by atoms with Crippen molar-refractivity contribution in [2.75, 3.05) is 17.6 Å². The number of anilines is 1. The van der Waals surface area contributed by atoms with Crippen molar-refractivity contribution >= 4 is 35.0 Å². The van der Waals surface area contributed by atoms with E-state index in [4.69, 9.17) is 0 Å². The van der Waals surface area contributed by atoms with Crippen LogP contribution in [0.25, 0.3) is 0 Å². The number of nitro groups is 1. The Kier molecular flexibility index (Phi) is 8.39. The van der Waals surface area contributed by atoms with E-state index in [1.165, 1.54) is 23.9 Å². The second-order valence-electron chi connectivity index (χ2n) is 7.00. The molecule has 0 radical (unpaired) electrons. The van der Waals surface area contributed by atoms with Crippen LogP contribution in [0.3, 0.4) is 0 Å². The summed E-state index contributed by atoms with van der Waals surface area (Å²) in [6.45, 7) is 0.496. The number of benzene rings is 3. The van der Waals surface area contributed by atoms with Crippen molar-refractivity contribution in [3.63, 3.8) is 0 Å². The molecule has 0 spiro atoms. The van der Waals surface area contributed by atoms with Gasteiger partial charge in [0, 0.05) is 24.4 Å². The second-order valence-corrected chi connectivity index (χ2v) is 7.99. The molecule has 0 bridgehead atoms. The van der Waals surface area contributed by atoms with Gasteiger partial charge < -0.3 is 10.6 Å². The summed E-state index contributed by atoms with van der Waals surface area (Å²) >= 11 is 1.39. The maximum absolute atomic E-state index is 12.6. The normalized spacial score (nSPS) is 10.4. The standard InChI is InChI=1S/C24H23N3O4S/c28-23(17-32-16-19-10-12-20(13-11-19)27(30)31)26-22-9-5-4-8-21(22)24(29)25-15-14-18-6-2-1-3-7-18/h1-13H,14-17H2,(H,25,29)(H,26,28). The molecule has 2 amide bonds. The molecule has 0 aromatic heterocycles. The van der Waals surface area contributed by atoms with Gasteiger partial charge in [-0.05, 0) is 29.7 Å². The van der Waals surface area contributed by atoms with Crippen LogP contribution in [-0.2, 0) is 17.0 Å². The molecular formula is C24H23N3O4S. The van der Waals surface area contributed by atoms with Gasteiger partial charge in [-0.3, -0.25) is 19.7 Å². The smallest absolute Gasteiger partial charge is 0.269 e. The Bertz CT molecular complexity index is 1070. The van der Waals surface area contributed by atoms with E-state index in [-0.39, 0.29) is 23.3 Å². The van der Waals surface area contributed by atoms with Gasteiger partial charge in [0.05, 0.1) is 21.9 Å². The quantitative estimate of drug-likeness (QED) is 0.352. The number of hydrogen-bond acceptors (Lipinski definition) is 5. The average molecular weight is 450 g/mol. The van der Waals surface area contributed by atoms with Crippen LogP contribution in [0.5, 0.6) is 0 Å². The lowest BCUT2D eigenvalue weighted by Gasteiger charge is -2.11. The summed E-state index contributed by atoms with van der Waals surface area (Å²) in [7, 11) is 0. The molecule has 164 valence electrons. The highest BCUT2D eigenvalue weighted by Gasteiger charge is 2.13. The van der Waals surface area contributed by atoms with E-state index < -0.39 is 4.92 Å². The third-order valence-electron chi connectivity index (χ3n) is 4.64. The molecule has 7 nitrogen and oxygen atoms in total. The van der Waals surface area contributed by atoms with Crippen molar-refractivity contribution in [3.05, 3.63) is 106 Å². The molecule has 2 N–H and O–H groups in total. The summed E-state index contributed by atoms with van der Waals surface area (Å²) in [4.78, 5) is 35.2. The molecule has 32 heavy (non-hydrogen) atoms. The van der Waals surface area contributed by atoms with Crippen LogP contribution in [-0.4, -0.2) is 29.0 Å². The molecule has 0 heterocycles. The lowest BCUT2D eigenvalue weighted by atomic mass is 10.1. The van der Waals surface area contributed by atoms with Gasteiger partial charge in [0.15, 0.2) is 0 Å². The Morgan fingerprint density at radius 1 is 0.875 bits per heavy atom. The minimum Gasteiger partial charge on any atom is -0.352 e. The van der Waals surface area contributed by atoms with Crippen molar-refractivity contribution in [2.24, 2.45) is 0 Å². The highest BCUT2D eigenvalue weighted by atomic mass is 32.2. The van der Waals surface area contributed by atoms with Crippen molar-refractivity contribution < 1.29 is 14.5 Å². The van der Waals surface area contributed by atoms with E-state index in [1.807, 2.05) is 30.3 Å². The van der Waals surface area contributed by atoms with Crippen LogP contribution in [0.15, 0.2) is 78.9 Å². The van der Waals surface area contributed by atoms with E-state index in [1.54, 1.807) is 36.4 Å². The summed E-state index contributed by atoms with van der Waals surface area (Å²) < 4.78 is 0. The van der Waals surface area contributed by atoms with Crippen LogP contribution in [0, 0.1) is 10.1 Å². The van der Waals surface area contributed by atoms with E-state index in [0.29, 0.717) is 23.5 Å². The molecule has 0 aliphatic heterocycles. The highest BCUT2D eigenvalue weighted by Crippen LogP contribution is 2.19. The third-order valence-corrected chi connectivity index (χ3v) is 5.64. The van der Waals surface area contributed by atoms with E-state index in [9.17, 15) is 19.7 Å². The molecule has 8 heteroatoms. The predicted octanol–water partition coefficient (Wildman–Crippen LogP) is 4.44. The molecule has 0 fully saturated rings. The summed E-state index contributed by atoms with van der Waals surface area (Å²) in [5, 5.41) is 16.4. The first-order valence-corrected chi connectivity index (χ1v) is 11.2. The molecular weight excluding hydrogens is 426 g/mol. The van der Waals surface area contributed by atoms with Gasteiger partial charge in [-0.2, -0.15) is 0 Å². The summed E-state index contributed by atoms with van der Waals surface area (Å²) in [6.07, 6.45) is 0.723. The zero-order valence-corrected chi connectivity index (χ0v) is 18.1. The predicted molar refractivity (Wildman–Crippen MR) is 127 cm³/mol. The van der Waals surface area contributed by atoms with Crippen LogP contribution < -0.4 is 10.6 Å². The number of hydrogen-bond donors (Lipinski definition) is 2. The minimum absolute atomic E-state index is 0.0372. The fourth-order valence-corrected chi connectivity index (χ4v) is 3.80. The molecule has 0 saturated carbocycles.